The molecular formula is C10H14N6O7S3. The first kappa shape index (κ1) is 18.8. The number of sulfonamides is 1. The Labute approximate surface area is 152 Å². The van der Waals surface area contributed by atoms with E-state index in [0.29, 0.717) is 5.06 Å². The zero-order chi connectivity index (χ0) is 19.3. The highest BCUT2D eigenvalue weighted by atomic mass is 32.3. The first-order chi connectivity index (χ1) is 12.0. The number of aromatic nitrogens is 1. The average Bonchev–Trinajstić information content (AvgIpc) is 3.05. The molecule has 1 aromatic rings. The van der Waals surface area contributed by atoms with Crippen molar-refractivity contribution < 1.29 is 30.5 Å². The lowest BCUT2D eigenvalue weighted by Gasteiger charge is -2.30. The van der Waals surface area contributed by atoms with Crippen molar-refractivity contribution in [2.45, 2.75) is 30.0 Å². The van der Waals surface area contributed by atoms with Gasteiger partial charge in [-0.05, 0) is 12.8 Å². The number of amides is 2. The van der Waals surface area contributed by atoms with Crippen LogP contribution in [0.5, 0.6) is 0 Å². The third kappa shape index (κ3) is 3.58. The minimum atomic E-state index is -4.89. The molecular weight excluding hydrogens is 412 g/mol. The molecule has 2 atom stereocenters. The highest BCUT2D eigenvalue weighted by Crippen LogP contribution is 2.31. The molecule has 3 heterocycles. The number of carbonyl (C=O) groups is 1. The van der Waals surface area contributed by atoms with Crippen LogP contribution in [-0.2, 0) is 24.7 Å². The molecule has 16 heteroatoms. The summed E-state index contributed by atoms with van der Waals surface area (Å²) in [6, 6.07) is -2.46. The summed E-state index contributed by atoms with van der Waals surface area (Å²) in [6.07, 6.45) is 0.443. The summed E-state index contributed by atoms with van der Waals surface area (Å²) in [5, 5.41) is 9.44. The number of amidine groups is 1. The molecule has 13 nitrogen and oxygen atoms in total. The Balaban J connectivity index is 1.75. The van der Waals surface area contributed by atoms with Gasteiger partial charge in [-0.3, -0.25) is 14.7 Å². The standard InChI is InChI=1S/C10H14N6O7S3/c11-8(14-25(18,19)7-4-24-9(12)13-7)6-2-1-5-3-15(6)10(17)16(5)23-26(20,21)22/h4-6H,1-3H2,(H2,11,14)(H2,12,13)(H,20,21,22)/t5-,6+/m1/s1. The number of nitrogens with zero attached hydrogens (tertiary/aromatic N) is 3. The molecule has 2 aliphatic heterocycles. The topological polar surface area (TPSA) is 196 Å². The average molecular weight is 426 g/mol. The maximum Gasteiger partial charge on any atom is 0.418 e. The van der Waals surface area contributed by atoms with Crippen LogP contribution in [0.3, 0.4) is 0 Å². The molecule has 2 aliphatic rings. The van der Waals surface area contributed by atoms with Crippen molar-refractivity contribution in [3.8, 4) is 0 Å². The minimum Gasteiger partial charge on any atom is -0.375 e. The van der Waals surface area contributed by atoms with Crippen molar-refractivity contribution in [2.75, 3.05) is 12.3 Å². The fraction of sp³-hybridized carbons (Fsp3) is 0.500. The van der Waals surface area contributed by atoms with E-state index >= 15 is 0 Å². The Bertz CT molecular complexity index is 958. The lowest BCUT2D eigenvalue weighted by molar-refractivity contribution is -0.0316. The second-order valence-electron chi connectivity index (χ2n) is 5.55. The van der Waals surface area contributed by atoms with Gasteiger partial charge in [-0.2, -0.15) is 21.9 Å². The van der Waals surface area contributed by atoms with Crippen LogP contribution in [0.2, 0.25) is 0 Å². The number of nitrogens with one attached hydrogen (secondary N) is 2. The summed E-state index contributed by atoms with van der Waals surface area (Å²) in [7, 11) is -9.02. The van der Waals surface area contributed by atoms with Gasteiger partial charge in [0, 0.05) is 11.9 Å². The molecule has 5 N–H and O–H groups in total. The van der Waals surface area contributed by atoms with Gasteiger partial charge in [-0.25, -0.2) is 9.78 Å². The van der Waals surface area contributed by atoms with E-state index in [0.717, 1.165) is 16.2 Å². The Morgan fingerprint density at radius 3 is 2.69 bits per heavy atom. The SMILES string of the molecule is N=C(NS(=O)(=O)c1csc(N)n1)[C@@H]1CC[C@@H]2CN1C(=O)N2OS(=O)(=O)O. The van der Waals surface area contributed by atoms with Gasteiger partial charge in [-0.15, -0.1) is 15.6 Å². The Morgan fingerprint density at radius 1 is 1.42 bits per heavy atom. The Morgan fingerprint density at radius 2 is 2.12 bits per heavy atom. The van der Waals surface area contributed by atoms with Gasteiger partial charge in [-0.1, -0.05) is 0 Å². The van der Waals surface area contributed by atoms with E-state index in [-0.39, 0.29) is 29.5 Å². The van der Waals surface area contributed by atoms with E-state index in [1.54, 1.807) is 0 Å². The number of rotatable bonds is 5. The largest absolute Gasteiger partial charge is 0.418 e. The minimum absolute atomic E-state index is 0.0206. The van der Waals surface area contributed by atoms with Crippen LogP contribution in [0.25, 0.3) is 0 Å². The number of hydrogen-bond donors (Lipinski definition) is 4. The van der Waals surface area contributed by atoms with Crippen molar-refractivity contribution >= 4 is 48.8 Å². The predicted molar refractivity (Wildman–Crippen MR) is 88.0 cm³/mol. The third-order valence-electron chi connectivity index (χ3n) is 3.85. The van der Waals surface area contributed by atoms with E-state index in [4.69, 9.17) is 15.7 Å². The number of fused-ring (bicyclic) bond motifs is 2. The number of urea groups is 1. The van der Waals surface area contributed by atoms with E-state index in [1.165, 1.54) is 5.38 Å². The lowest BCUT2D eigenvalue weighted by atomic mass is 10.0. The second kappa shape index (κ2) is 6.31. The molecule has 0 radical (unpaired) electrons. The summed E-state index contributed by atoms with van der Waals surface area (Å²) in [5.41, 5.74) is 5.40. The van der Waals surface area contributed by atoms with Crippen molar-refractivity contribution in [3.63, 3.8) is 0 Å². The molecule has 1 aromatic heterocycles. The number of nitrogens with two attached hydrogens (primary N) is 1. The molecule has 2 bridgehead atoms. The molecule has 26 heavy (non-hydrogen) atoms. The van der Waals surface area contributed by atoms with Gasteiger partial charge in [0.15, 0.2) is 10.2 Å². The normalized spacial score (nSPS) is 23.3. The van der Waals surface area contributed by atoms with Crippen LogP contribution < -0.4 is 10.5 Å². The summed E-state index contributed by atoms with van der Waals surface area (Å²) in [4.78, 5) is 17.0. The maximum atomic E-state index is 12.3. The number of piperidine rings is 1. The number of thiazole rings is 1. The quantitative estimate of drug-likeness (QED) is 0.259. The van der Waals surface area contributed by atoms with Crippen LogP contribution >= 0.6 is 11.3 Å². The van der Waals surface area contributed by atoms with Gasteiger partial charge in [0.1, 0.15) is 5.84 Å². The van der Waals surface area contributed by atoms with E-state index in [1.807, 2.05) is 4.72 Å². The fourth-order valence-corrected chi connectivity index (χ4v) is 5.06. The summed E-state index contributed by atoms with van der Waals surface area (Å²) in [6.45, 7) is 0.0206. The number of hydroxylamine groups is 2. The molecule has 0 unspecified atom stereocenters. The smallest absolute Gasteiger partial charge is 0.375 e. The predicted octanol–water partition coefficient (Wildman–Crippen LogP) is -1.02. The molecule has 0 aromatic carbocycles. The van der Waals surface area contributed by atoms with Gasteiger partial charge in [0.05, 0.1) is 12.1 Å². The van der Waals surface area contributed by atoms with E-state index < -0.39 is 44.4 Å². The van der Waals surface area contributed by atoms with Crippen molar-refractivity contribution in [1.29, 1.82) is 5.41 Å². The number of carbonyl (C=O) groups excluding carboxylic acids is 1. The van der Waals surface area contributed by atoms with Crippen LogP contribution in [0, 0.1) is 5.41 Å². The Hall–Kier alpha value is -2.01. The van der Waals surface area contributed by atoms with Crippen LogP contribution in [-0.4, -0.2) is 66.8 Å². The zero-order valence-electron chi connectivity index (χ0n) is 12.9. The van der Waals surface area contributed by atoms with Crippen LogP contribution in [0.4, 0.5) is 9.93 Å². The first-order valence-electron chi connectivity index (χ1n) is 7.07. The fourth-order valence-electron chi connectivity index (χ4n) is 2.79. The molecule has 0 spiro atoms. The van der Waals surface area contributed by atoms with E-state index in [2.05, 4.69) is 9.27 Å². The maximum absolute atomic E-state index is 12.3. The monoisotopic (exact) mass is 426 g/mol. The van der Waals surface area contributed by atoms with Crippen LogP contribution in [0.1, 0.15) is 12.8 Å². The van der Waals surface area contributed by atoms with Gasteiger partial charge < -0.3 is 10.6 Å². The molecule has 2 amide bonds. The number of anilines is 1. The van der Waals surface area contributed by atoms with Crippen molar-refractivity contribution in [2.24, 2.45) is 0 Å². The second-order valence-corrected chi connectivity index (χ2v) is 9.08. The third-order valence-corrected chi connectivity index (χ3v) is 6.27. The molecule has 144 valence electrons. The summed E-state index contributed by atoms with van der Waals surface area (Å²) < 4.78 is 61.2. The van der Waals surface area contributed by atoms with Crippen LogP contribution in [0.15, 0.2) is 10.4 Å². The number of nitrogen functional groups attached to an aromatic ring is 1. The first-order valence-corrected chi connectivity index (χ1v) is 10.8. The van der Waals surface area contributed by atoms with Gasteiger partial charge in [0.2, 0.25) is 0 Å². The number of hydrogen-bond acceptors (Lipinski definition) is 10. The molecule has 3 rings (SSSR count). The van der Waals surface area contributed by atoms with Crippen molar-refractivity contribution in [3.05, 3.63) is 5.38 Å². The zero-order valence-corrected chi connectivity index (χ0v) is 15.3. The Kier molecular flexibility index (Phi) is 4.55. The van der Waals surface area contributed by atoms with Gasteiger partial charge in [0.25, 0.3) is 10.0 Å². The lowest BCUT2D eigenvalue weighted by Crippen LogP contribution is -2.50. The molecule has 2 saturated heterocycles. The molecule has 2 fully saturated rings. The van der Waals surface area contributed by atoms with E-state index in [9.17, 15) is 21.6 Å². The highest BCUT2D eigenvalue weighted by molar-refractivity contribution is 7.90. The molecule has 0 aliphatic carbocycles. The highest BCUT2D eigenvalue weighted by Gasteiger charge is 2.48. The van der Waals surface area contributed by atoms with Crippen molar-refractivity contribution in [1.82, 2.24) is 19.7 Å². The summed E-state index contributed by atoms with van der Waals surface area (Å²) >= 11 is 0.920. The molecule has 0 saturated carbocycles. The summed E-state index contributed by atoms with van der Waals surface area (Å²) in [5.74, 6) is -0.475. The van der Waals surface area contributed by atoms with Gasteiger partial charge >= 0.3 is 16.4 Å².